The minimum atomic E-state index is -0.970. The molecule has 6 nitrogen and oxygen atoms in total. The summed E-state index contributed by atoms with van der Waals surface area (Å²) in [6.45, 7) is 3.62. The number of rotatable bonds is 2. The lowest BCUT2D eigenvalue weighted by atomic mass is 10.2. The van der Waals surface area contributed by atoms with Crippen molar-refractivity contribution < 1.29 is 14.7 Å². The van der Waals surface area contributed by atoms with Crippen LogP contribution in [-0.4, -0.2) is 49.2 Å². The molecule has 2 N–H and O–H groups in total. The molecule has 1 aromatic rings. The van der Waals surface area contributed by atoms with Crippen molar-refractivity contribution in [3.8, 4) is 0 Å². The lowest BCUT2D eigenvalue weighted by Crippen LogP contribution is -2.44. The number of hydrogen-bond donors (Lipinski definition) is 2. The van der Waals surface area contributed by atoms with Crippen LogP contribution in [0.5, 0.6) is 0 Å². The van der Waals surface area contributed by atoms with E-state index in [1.165, 1.54) is 16.7 Å². The largest absolute Gasteiger partial charge is 0.480 e. The second-order valence-electron chi connectivity index (χ2n) is 3.94. The molecule has 1 aliphatic heterocycles. The molecule has 1 fully saturated rings. The van der Waals surface area contributed by atoms with Gasteiger partial charge in [-0.25, -0.2) is 4.79 Å². The zero-order chi connectivity index (χ0) is 12.6. The van der Waals surface area contributed by atoms with Crippen LogP contribution in [0.15, 0.2) is 6.07 Å². The highest BCUT2D eigenvalue weighted by Crippen LogP contribution is 2.30. The minimum absolute atomic E-state index is 0.138. The van der Waals surface area contributed by atoms with Crippen LogP contribution in [0.1, 0.15) is 23.1 Å². The number of aromatic amines is 1. The Hall–Kier alpha value is -1.50. The third kappa shape index (κ3) is 2.14. The Morgan fingerprint density at radius 3 is 2.88 bits per heavy atom. The van der Waals surface area contributed by atoms with E-state index in [1.54, 1.807) is 13.0 Å². The van der Waals surface area contributed by atoms with Crippen molar-refractivity contribution in [1.82, 2.24) is 15.1 Å². The van der Waals surface area contributed by atoms with Crippen molar-refractivity contribution in [3.05, 3.63) is 17.5 Å². The van der Waals surface area contributed by atoms with E-state index >= 15 is 0 Å². The van der Waals surface area contributed by atoms with E-state index in [2.05, 4.69) is 10.2 Å². The van der Waals surface area contributed by atoms with E-state index < -0.39 is 12.0 Å². The Morgan fingerprint density at radius 2 is 2.35 bits per heavy atom. The Morgan fingerprint density at radius 1 is 1.65 bits per heavy atom. The predicted molar refractivity (Wildman–Crippen MR) is 62.8 cm³/mol. The maximum Gasteiger partial charge on any atom is 0.327 e. The first-order chi connectivity index (χ1) is 8.00. The van der Waals surface area contributed by atoms with E-state index in [-0.39, 0.29) is 17.0 Å². The molecular weight excluding hydrogens is 242 g/mol. The van der Waals surface area contributed by atoms with Crippen molar-refractivity contribution in [3.63, 3.8) is 0 Å². The first-order valence-electron chi connectivity index (χ1n) is 5.20. The highest BCUT2D eigenvalue weighted by Gasteiger charge is 2.40. The lowest BCUT2D eigenvalue weighted by molar-refractivity contribution is -0.141. The Bertz CT molecular complexity index is 459. The summed E-state index contributed by atoms with van der Waals surface area (Å²) in [6, 6.07) is 0.858. The van der Waals surface area contributed by atoms with Gasteiger partial charge in [-0.15, -0.1) is 11.8 Å². The van der Waals surface area contributed by atoms with Crippen molar-refractivity contribution >= 4 is 23.6 Å². The smallest absolute Gasteiger partial charge is 0.327 e. The van der Waals surface area contributed by atoms with Crippen LogP contribution in [-0.2, 0) is 4.79 Å². The molecule has 1 saturated heterocycles. The zero-order valence-electron chi connectivity index (χ0n) is 9.51. The van der Waals surface area contributed by atoms with Gasteiger partial charge in [0.15, 0.2) is 0 Å². The summed E-state index contributed by atoms with van der Waals surface area (Å²) in [6.07, 6.45) is 0. The third-order valence-corrected chi connectivity index (χ3v) is 3.89. The normalized spacial score (nSPS) is 24.0. The van der Waals surface area contributed by atoms with Gasteiger partial charge in [-0.05, 0) is 19.9 Å². The second kappa shape index (κ2) is 4.40. The van der Waals surface area contributed by atoms with E-state index in [4.69, 9.17) is 5.11 Å². The predicted octanol–water partition coefficient (Wildman–Crippen LogP) is 0.706. The van der Waals surface area contributed by atoms with Gasteiger partial charge in [0.05, 0.1) is 5.37 Å². The molecule has 2 heterocycles. The maximum absolute atomic E-state index is 12.2. The fraction of sp³-hybridized carbons (Fsp3) is 0.500. The number of H-pyrrole nitrogens is 1. The maximum atomic E-state index is 12.2. The molecule has 0 bridgehead atoms. The molecule has 1 aliphatic rings. The number of nitrogens with one attached hydrogen (secondary N) is 1. The van der Waals surface area contributed by atoms with Gasteiger partial charge < -0.3 is 10.0 Å². The van der Waals surface area contributed by atoms with Crippen LogP contribution in [0.3, 0.4) is 0 Å². The summed E-state index contributed by atoms with van der Waals surface area (Å²) < 4.78 is 0. The molecule has 2 unspecified atom stereocenters. The number of carbonyl (C=O) groups is 2. The number of hydrogen-bond acceptors (Lipinski definition) is 4. The van der Waals surface area contributed by atoms with Gasteiger partial charge in [-0.3, -0.25) is 9.89 Å². The summed E-state index contributed by atoms with van der Waals surface area (Å²) in [5.74, 6) is -0.882. The van der Waals surface area contributed by atoms with Gasteiger partial charge in [0.2, 0.25) is 0 Å². The summed E-state index contributed by atoms with van der Waals surface area (Å²) >= 11 is 1.46. The third-order valence-electron chi connectivity index (χ3n) is 2.67. The van der Waals surface area contributed by atoms with Crippen LogP contribution < -0.4 is 0 Å². The van der Waals surface area contributed by atoms with Gasteiger partial charge in [0.25, 0.3) is 5.91 Å². The molecule has 0 spiro atoms. The van der Waals surface area contributed by atoms with Crippen LogP contribution in [0.2, 0.25) is 0 Å². The molecule has 2 rings (SSSR count). The molecule has 17 heavy (non-hydrogen) atoms. The Labute approximate surface area is 102 Å². The highest BCUT2D eigenvalue weighted by molar-refractivity contribution is 8.00. The van der Waals surface area contributed by atoms with Crippen molar-refractivity contribution in [2.75, 3.05) is 5.75 Å². The zero-order valence-corrected chi connectivity index (χ0v) is 10.3. The molecule has 0 aromatic carbocycles. The fourth-order valence-electron chi connectivity index (χ4n) is 1.80. The lowest BCUT2D eigenvalue weighted by Gasteiger charge is -2.23. The van der Waals surface area contributed by atoms with Crippen LogP contribution in [0, 0.1) is 6.92 Å². The second-order valence-corrected chi connectivity index (χ2v) is 5.28. The van der Waals surface area contributed by atoms with Gasteiger partial charge in [0, 0.05) is 11.4 Å². The van der Waals surface area contributed by atoms with E-state index in [0.29, 0.717) is 5.75 Å². The van der Waals surface area contributed by atoms with E-state index in [9.17, 15) is 9.59 Å². The number of carboxylic acids is 1. The summed E-state index contributed by atoms with van der Waals surface area (Å²) in [7, 11) is 0. The number of thioether (sulfide) groups is 1. The number of aromatic nitrogens is 2. The summed E-state index contributed by atoms with van der Waals surface area (Å²) in [5.41, 5.74) is 1.04. The fourth-order valence-corrected chi connectivity index (χ4v) is 2.97. The number of aryl methyl sites for hydroxylation is 1. The van der Waals surface area contributed by atoms with Gasteiger partial charge in [-0.1, -0.05) is 0 Å². The first-order valence-corrected chi connectivity index (χ1v) is 6.24. The Kier molecular flexibility index (Phi) is 3.10. The molecular formula is C10H13N3O3S. The number of carbonyl (C=O) groups excluding carboxylic acids is 1. The SMILES string of the molecule is Cc1cc(C(=O)N2C(C)SCC2C(=O)O)n[nH]1. The van der Waals surface area contributed by atoms with Gasteiger partial charge in [0.1, 0.15) is 11.7 Å². The molecule has 1 amide bonds. The molecule has 2 atom stereocenters. The average molecular weight is 255 g/mol. The minimum Gasteiger partial charge on any atom is -0.480 e. The van der Waals surface area contributed by atoms with Crippen molar-refractivity contribution in [2.45, 2.75) is 25.3 Å². The highest BCUT2D eigenvalue weighted by atomic mass is 32.2. The quantitative estimate of drug-likeness (QED) is 0.812. The number of amides is 1. The van der Waals surface area contributed by atoms with Crippen LogP contribution in [0.4, 0.5) is 0 Å². The molecule has 0 saturated carbocycles. The van der Waals surface area contributed by atoms with Crippen molar-refractivity contribution in [1.29, 1.82) is 0 Å². The first kappa shape index (κ1) is 12.0. The standard InChI is InChI=1S/C10H13N3O3S/c1-5-3-7(12-11-5)9(14)13-6(2)17-4-8(13)10(15)16/h3,6,8H,4H2,1-2H3,(H,11,12)(H,15,16). The van der Waals surface area contributed by atoms with E-state index in [1.807, 2.05) is 6.92 Å². The topological polar surface area (TPSA) is 86.3 Å². The van der Waals surface area contributed by atoms with Crippen molar-refractivity contribution in [2.24, 2.45) is 0 Å². The molecule has 0 aliphatic carbocycles. The summed E-state index contributed by atoms with van der Waals surface area (Å²) in [4.78, 5) is 24.6. The number of nitrogens with zero attached hydrogens (tertiary/aromatic N) is 2. The van der Waals surface area contributed by atoms with Crippen LogP contribution >= 0.6 is 11.8 Å². The van der Waals surface area contributed by atoms with E-state index in [0.717, 1.165) is 5.69 Å². The Balaban J connectivity index is 2.25. The van der Waals surface area contributed by atoms with Gasteiger partial charge >= 0.3 is 5.97 Å². The molecule has 92 valence electrons. The molecule has 1 aromatic heterocycles. The monoisotopic (exact) mass is 255 g/mol. The van der Waals surface area contributed by atoms with Crippen LogP contribution in [0.25, 0.3) is 0 Å². The van der Waals surface area contributed by atoms with Gasteiger partial charge in [-0.2, -0.15) is 5.10 Å². The number of carboxylic acid groups (broad SMARTS) is 1. The molecule has 7 heteroatoms. The number of aliphatic carboxylic acids is 1. The molecule has 0 radical (unpaired) electrons. The average Bonchev–Trinajstić information content (AvgIpc) is 2.83. The summed E-state index contributed by atoms with van der Waals surface area (Å²) in [5, 5.41) is 15.5.